The van der Waals surface area contributed by atoms with Crippen LogP contribution in [0.5, 0.6) is 11.6 Å². The van der Waals surface area contributed by atoms with Crippen molar-refractivity contribution in [3.05, 3.63) is 76.5 Å². The summed E-state index contributed by atoms with van der Waals surface area (Å²) in [6.45, 7) is 8.43. The highest BCUT2D eigenvalue weighted by atomic mass is 32.2. The van der Waals surface area contributed by atoms with Gasteiger partial charge >= 0.3 is 0 Å². The minimum absolute atomic E-state index is 0.0850. The van der Waals surface area contributed by atoms with Crippen LogP contribution in [0.15, 0.2) is 42.5 Å². The summed E-state index contributed by atoms with van der Waals surface area (Å²) in [7, 11) is 0. The number of hydrogen-bond donors (Lipinski definition) is 0. The number of hydrogen-bond acceptors (Lipinski definition) is 4. The van der Waals surface area contributed by atoms with E-state index in [1.54, 1.807) is 30.8 Å². The van der Waals surface area contributed by atoms with E-state index in [1.165, 1.54) is 23.3 Å². The molecule has 0 aliphatic heterocycles. The molecule has 35 heavy (non-hydrogen) atoms. The molecule has 2 aromatic carbocycles. The van der Waals surface area contributed by atoms with Gasteiger partial charge in [-0.15, -0.1) is 0 Å². The fourth-order valence-electron chi connectivity index (χ4n) is 4.28. The van der Waals surface area contributed by atoms with Crippen LogP contribution in [-0.2, 0) is 19.4 Å². The lowest BCUT2D eigenvalue weighted by Crippen LogP contribution is -2.05. The van der Waals surface area contributed by atoms with Crippen LogP contribution in [0.1, 0.15) is 49.6 Å². The number of rotatable bonds is 9. The van der Waals surface area contributed by atoms with Crippen LogP contribution in [-0.4, -0.2) is 23.6 Å². The number of pyridine rings is 1. The first-order valence-electron chi connectivity index (χ1n) is 12.3. The minimum atomic E-state index is -0.622. The van der Waals surface area contributed by atoms with Crippen molar-refractivity contribution < 1.29 is 18.3 Å². The normalized spacial score (nSPS) is 14.2. The molecule has 1 aliphatic rings. The lowest BCUT2D eigenvalue weighted by atomic mass is 10.0. The van der Waals surface area contributed by atoms with Crippen LogP contribution in [0.25, 0.3) is 11.1 Å². The van der Waals surface area contributed by atoms with Crippen molar-refractivity contribution in [2.75, 3.05) is 18.6 Å². The number of benzene rings is 2. The van der Waals surface area contributed by atoms with Gasteiger partial charge in [-0.2, -0.15) is 11.8 Å². The molecular weight excluding hydrogens is 464 g/mol. The molecule has 1 unspecified atom stereocenters. The van der Waals surface area contributed by atoms with Gasteiger partial charge in [-0.1, -0.05) is 26.8 Å². The molecule has 6 heteroatoms. The van der Waals surface area contributed by atoms with Crippen molar-refractivity contribution in [3.63, 3.8) is 0 Å². The number of ether oxygens (including phenoxy) is 2. The summed E-state index contributed by atoms with van der Waals surface area (Å²) < 4.78 is 41.4. The average Bonchev–Trinajstić information content (AvgIpc) is 3.23. The van der Waals surface area contributed by atoms with Crippen LogP contribution in [0, 0.1) is 24.5 Å². The van der Waals surface area contributed by atoms with Gasteiger partial charge in [0.2, 0.25) is 5.88 Å². The van der Waals surface area contributed by atoms with Crippen molar-refractivity contribution in [2.45, 2.75) is 53.6 Å². The Kier molecular flexibility index (Phi) is 9.96. The summed E-state index contributed by atoms with van der Waals surface area (Å²) in [5.41, 5.74) is 4.04. The summed E-state index contributed by atoms with van der Waals surface area (Å²) in [6, 6.07) is 12.2. The molecule has 0 fully saturated rings. The van der Waals surface area contributed by atoms with Gasteiger partial charge < -0.3 is 9.47 Å². The summed E-state index contributed by atoms with van der Waals surface area (Å²) in [5.74, 6) is 1.54. The van der Waals surface area contributed by atoms with Gasteiger partial charge in [0.05, 0.1) is 12.2 Å². The lowest BCUT2D eigenvalue weighted by Gasteiger charge is -2.14. The van der Waals surface area contributed by atoms with Crippen molar-refractivity contribution in [1.29, 1.82) is 0 Å². The summed E-state index contributed by atoms with van der Waals surface area (Å²) in [5, 5.41) is 0. The molecule has 3 nitrogen and oxygen atoms in total. The van der Waals surface area contributed by atoms with Crippen LogP contribution >= 0.6 is 11.8 Å². The summed E-state index contributed by atoms with van der Waals surface area (Å²) in [4.78, 5) is 4.45. The van der Waals surface area contributed by atoms with Crippen molar-refractivity contribution in [1.82, 2.24) is 4.98 Å². The maximum atomic E-state index is 15.4. The van der Waals surface area contributed by atoms with E-state index >= 15 is 4.39 Å². The predicted molar refractivity (Wildman–Crippen MR) is 142 cm³/mol. The molecular formula is C29H35F2NO2S. The molecule has 0 amide bonds. The Morgan fingerprint density at radius 2 is 1.71 bits per heavy atom. The molecule has 0 radical (unpaired) electrons. The standard InChI is InChI=1S/C27H29F2NO2S.C2H6/c1-17-13-19-5-6-21(15-20(19)14-17)32-16-24-25(28)9-7-23(27(24)29)22-8-10-26(30-18(22)2)31-11-4-12-33-3;1-2/h5-10,15,17H,4,11-14,16H2,1-3H3;1-2H3. The quantitative estimate of drug-likeness (QED) is 0.281. The number of fused-ring (bicyclic) bond motifs is 1. The van der Waals surface area contributed by atoms with E-state index in [1.807, 2.05) is 26.0 Å². The number of thioether (sulfide) groups is 1. The fraction of sp³-hybridized carbons (Fsp3) is 0.414. The molecule has 0 N–H and O–H groups in total. The fourth-order valence-corrected chi connectivity index (χ4v) is 4.69. The molecule has 4 rings (SSSR count). The largest absolute Gasteiger partial charge is 0.489 e. The maximum absolute atomic E-state index is 15.4. The van der Waals surface area contributed by atoms with E-state index in [9.17, 15) is 4.39 Å². The van der Waals surface area contributed by atoms with Crippen molar-refractivity contribution in [3.8, 4) is 22.8 Å². The monoisotopic (exact) mass is 499 g/mol. The van der Waals surface area contributed by atoms with Crippen LogP contribution in [0.2, 0.25) is 0 Å². The van der Waals surface area contributed by atoms with Crippen LogP contribution in [0.4, 0.5) is 8.78 Å². The van der Waals surface area contributed by atoms with Gasteiger partial charge in [-0.05, 0) is 85.6 Å². The molecule has 0 spiro atoms. The molecule has 0 saturated heterocycles. The highest BCUT2D eigenvalue weighted by Gasteiger charge is 2.20. The lowest BCUT2D eigenvalue weighted by molar-refractivity contribution is 0.292. The van der Waals surface area contributed by atoms with E-state index in [2.05, 4.69) is 24.2 Å². The van der Waals surface area contributed by atoms with E-state index in [0.29, 0.717) is 41.0 Å². The highest BCUT2D eigenvalue weighted by molar-refractivity contribution is 7.98. The molecule has 1 atom stereocenters. The molecule has 1 heterocycles. The van der Waals surface area contributed by atoms with Crippen LogP contribution < -0.4 is 9.47 Å². The molecule has 3 aromatic rings. The zero-order valence-corrected chi connectivity index (χ0v) is 22.1. The van der Waals surface area contributed by atoms with Crippen molar-refractivity contribution >= 4 is 11.8 Å². The molecule has 0 saturated carbocycles. The summed E-state index contributed by atoms with van der Waals surface area (Å²) >= 11 is 1.77. The van der Waals surface area contributed by atoms with Gasteiger partial charge in [-0.3, -0.25) is 0 Å². The molecule has 1 aromatic heterocycles. The van der Waals surface area contributed by atoms with Gasteiger partial charge in [0.25, 0.3) is 0 Å². The predicted octanol–water partition coefficient (Wildman–Crippen LogP) is 7.81. The second kappa shape index (κ2) is 12.9. The van der Waals surface area contributed by atoms with Gasteiger partial charge in [-0.25, -0.2) is 13.8 Å². The second-order valence-corrected chi connectivity index (χ2v) is 9.58. The van der Waals surface area contributed by atoms with E-state index in [-0.39, 0.29) is 12.2 Å². The average molecular weight is 500 g/mol. The van der Waals surface area contributed by atoms with E-state index in [4.69, 9.17) is 9.47 Å². The van der Waals surface area contributed by atoms with Crippen molar-refractivity contribution in [2.24, 2.45) is 5.92 Å². The Balaban J connectivity index is 0.00000167. The Morgan fingerprint density at radius 3 is 2.46 bits per heavy atom. The zero-order valence-electron chi connectivity index (χ0n) is 21.3. The Hall–Kier alpha value is -2.60. The third-order valence-corrected chi connectivity index (χ3v) is 6.67. The second-order valence-electron chi connectivity index (χ2n) is 8.60. The van der Waals surface area contributed by atoms with Gasteiger partial charge in [0.1, 0.15) is 24.0 Å². The zero-order chi connectivity index (χ0) is 25.4. The molecule has 188 valence electrons. The molecule has 0 bridgehead atoms. The smallest absolute Gasteiger partial charge is 0.213 e. The number of halogens is 2. The SMILES string of the molecule is CC.CSCCCOc1ccc(-c2ccc(F)c(COc3ccc4c(c3)CC(C)C4)c2F)c(C)n1. The summed E-state index contributed by atoms with van der Waals surface area (Å²) in [6.07, 6.45) is 5.06. The first-order valence-corrected chi connectivity index (χ1v) is 13.7. The van der Waals surface area contributed by atoms with E-state index in [0.717, 1.165) is 25.0 Å². The number of nitrogens with zero attached hydrogens (tertiary/aromatic N) is 1. The van der Waals surface area contributed by atoms with Crippen LogP contribution in [0.3, 0.4) is 0 Å². The van der Waals surface area contributed by atoms with E-state index < -0.39 is 11.6 Å². The topological polar surface area (TPSA) is 31.4 Å². The van der Waals surface area contributed by atoms with Gasteiger partial charge in [0.15, 0.2) is 0 Å². The number of aryl methyl sites for hydroxylation is 1. The Morgan fingerprint density at radius 1 is 0.971 bits per heavy atom. The molecule has 1 aliphatic carbocycles. The maximum Gasteiger partial charge on any atom is 0.213 e. The number of aromatic nitrogens is 1. The first kappa shape index (κ1) is 27.0. The Bertz CT molecular complexity index is 1140. The minimum Gasteiger partial charge on any atom is -0.489 e. The third kappa shape index (κ3) is 6.75. The Labute approximate surface area is 212 Å². The van der Waals surface area contributed by atoms with Gasteiger partial charge in [0, 0.05) is 22.9 Å². The highest BCUT2D eigenvalue weighted by Crippen LogP contribution is 2.32. The first-order chi connectivity index (χ1) is 17.0. The third-order valence-electron chi connectivity index (χ3n) is 5.98.